The van der Waals surface area contributed by atoms with Gasteiger partial charge in [-0.15, -0.1) is 0 Å². The van der Waals surface area contributed by atoms with E-state index in [0.717, 1.165) is 5.56 Å². The predicted molar refractivity (Wildman–Crippen MR) is 123 cm³/mol. The van der Waals surface area contributed by atoms with Crippen LogP contribution >= 0.6 is 0 Å². The summed E-state index contributed by atoms with van der Waals surface area (Å²) in [6, 6.07) is 13.4. The minimum Gasteiger partial charge on any atom is -0.445 e. The first-order valence-electron chi connectivity index (χ1n) is 10.7. The van der Waals surface area contributed by atoms with Crippen LogP contribution in [-0.4, -0.2) is 31.7 Å². The molecule has 0 radical (unpaired) electrons. The van der Waals surface area contributed by atoms with Gasteiger partial charge in [0, 0.05) is 24.6 Å². The Kier molecular flexibility index (Phi) is 6.93. The van der Waals surface area contributed by atoms with E-state index in [1.165, 1.54) is 13.0 Å². The van der Waals surface area contributed by atoms with Gasteiger partial charge in [-0.1, -0.05) is 37.3 Å². The molecule has 1 unspecified atom stereocenters. The second-order valence-corrected chi connectivity index (χ2v) is 11.0. The maximum atomic E-state index is 12.8. The third-order valence-corrected chi connectivity index (χ3v) is 8.21. The quantitative estimate of drug-likeness (QED) is 0.724. The normalized spacial score (nSPS) is 20.6. The van der Waals surface area contributed by atoms with E-state index in [1.54, 1.807) is 30.9 Å². The summed E-state index contributed by atoms with van der Waals surface area (Å²) in [7, 11) is -3.52. The predicted octanol–water partition coefficient (Wildman–Crippen LogP) is 4.23. The molecule has 3 rings (SSSR count). The van der Waals surface area contributed by atoms with Crippen LogP contribution in [0.25, 0.3) is 0 Å². The molecule has 0 saturated carbocycles. The zero-order valence-electron chi connectivity index (χ0n) is 19.0. The fraction of sp³-hybridized carbons (Fsp3) is 0.417. The zero-order valence-corrected chi connectivity index (χ0v) is 19.8. The van der Waals surface area contributed by atoms with Crippen LogP contribution in [0, 0.1) is 5.92 Å². The molecule has 32 heavy (non-hydrogen) atoms. The zero-order chi connectivity index (χ0) is 23.6. The van der Waals surface area contributed by atoms with Gasteiger partial charge in [0.05, 0.1) is 16.2 Å². The summed E-state index contributed by atoms with van der Waals surface area (Å²) in [5, 5.41) is 2.31. The number of hydrogen-bond acceptors (Lipinski definition) is 5. The summed E-state index contributed by atoms with van der Waals surface area (Å²) in [5.41, 5.74) is 2.05. The van der Waals surface area contributed by atoms with E-state index in [2.05, 4.69) is 5.32 Å². The number of nitrogens with one attached hydrogen (secondary N) is 1. The summed E-state index contributed by atoms with van der Waals surface area (Å²) in [5.74, 6) is -0.317. The van der Waals surface area contributed by atoms with Gasteiger partial charge >= 0.3 is 6.09 Å². The SMILES string of the molecule is CC(=O)N1c2ccc(S(=O)(=O)C(C)C)cc2[C@H](NC(=O)OCc2ccccc2)C(C)[C@@H]1C. The number of ether oxygens (including phenoxy) is 1. The Hall–Kier alpha value is -2.87. The molecule has 0 aliphatic carbocycles. The van der Waals surface area contributed by atoms with Crippen molar-refractivity contribution in [3.63, 3.8) is 0 Å². The second kappa shape index (κ2) is 9.32. The minimum absolute atomic E-state index is 0.123. The number of benzene rings is 2. The van der Waals surface area contributed by atoms with Crippen molar-refractivity contribution in [1.29, 1.82) is 0 Å². The van der Waals surface area contributed by atoms with E-state index in [9.17, 15) is 18.0 Å². The molecule has 0 aromatic heterocycles. The Bertz CT molecular complexity index is 1100. The van der Waals surface area contributed by atoms with Gasteiger partial charge in [-0.25, -0.2) is 13.2 Å². The number of anilines is 1. The van der Waals surface area contributed by atoms with E-state index in [0.29, 0.717) is 11.3 Å². The number of carbonyl (C=O) groups is 2. The monoisotopic (exact) mass is 458 g/mol. The molecule has 8 heteroatoms. The highest BCUT2D eigenvalue weighted by molar-refractivity contribution is 7.92. The van der Waals surface area contributed by atoms with Crippen molar-refractivity contribution in [3.8, 4) is 0 Å². The summed E-state index contributed by atoms with van der Waals surface area (Å²) in [6.45, 7) is 8.69. The van der Waals surface area contributed by atoms with E-state index in [-0.39, 0.29) is 29.4 Å². The molecule has 1 aliphatic rings. The number of carbonyl (C=O) groups excluding carboxylic acids is 2. The highest BCUT2D eigenvalue weighted by Gasteiger charge is 2.40. The van der Waals surface area contributed by atoms with Gasteiger partial charge in [0.15, 0.2) is 9.84 Å². The molecule has 0 fully saturated rings. The largest absolute Gasteiger partial charge is 0.445 e. The fourth-order valence-corrected chi connectivity index (χ4v) is 5.12. The molecule has 0 saturated heterocycles. The third-order valence-electron chi connectivity index (χ3n) is 6.06. The molecule has 0 bridgehead atoms. The van der Waals surface area contributed by atoms with Gasteiger partial charge in [-0.2, -0.15) is 0 Å². The molecule has 1 N–H and O–H groups in total. The highest BCUT2D eigenvalue weighted by Crippen LogP contribution is 2.42. The van der Waals surface area contributed by atoms with E-state index in [1.807, 2.05) is 44.2 Å². The van der Waals surface area contributed by atoms with Crippen LogP contribution in [-0.2, 0) is 26.0 Å². The minimum atomic E-state index is -3.52. The van der Waals surface area contributed by atoms with E-state index in [4.69, 9.17) is 4.74 Å². The molecule has 2 aromatic rings. The van der Waals surface area contributed by atoms with Crippen LogP contribution in [0.15, 0.2) is 53.4 Å². The van der Waals surface area contributed by atoms with E-state index >= 15 is 0 Å². The standard InChI is InChI=1S/C24H30N2O5S/c1-15(2)32(29,30)20-11-12-22-21(13-20)23(16(3)17(4)26(22)18(5)27)25-24(28)31-14-19-9-7-6-8-10-19/h6-13,15-17,23H,14H2,1-5H3,(H,25,28)/t16?,17-,23+/m0/s1. The molecule has 1 heterocycles. The molecule has 1 aliphatic heterocycles. The summed E-state index contributed by atoms with van der Waals surface area (Å²) < 4.78 is 30.9. The van der Waals surface area contributed by atoms with Crippen molar-refractivity contribution in [3.05, 3.63) is 59.7 Å². The van der Waals surface area contributed by atoms with Crippen LogP contribution in [0.4, 0.5) is 10.5 Å². The van der Waals surface area contributed by atoms with E-state index < -0.39 is 27.2 Å². The van der Waals surface area contributed by atoms with Gasteiger partial charge in [0.25, 0.3) is 0 Å². The van der Waals surface area contributed by atoms with Gasteiger partial charge in [0.1, 0.15) is 6.61 Å². The topological polar surface area (TPSA) is 92.8 Å². The van der Waals surface area contributed by atoms with Crippen molar-refractivity contribution in [2.24, 2.45) is 5.92 Å². The van der Waals surface area contributed by atoms with Gasteiger partial charge in [-0.05, 0) is 50.1 Å². The molecule has 3 atom stereocenters. The first-order valence-corrected chi connectivity index (χ1v) is 12.2. The lowest BCUT2D eigenvalue weighted by atomic mass is 9.83. The van der Waals surface area contributed by atoms with Crippen molar-refractivity contribution < 1.29 is 22.7 Å². The Morgan fingerprint density at radius 3 is 2.34 bits per heavy atom. The summed E-state index contributed by atoms with van der Waals surface area (Å²) >= 11 is 0. The first kappa shape index (κ1) is 23.8. The highest BCUT2D eigenvalue weighted by atomic mass is 32.2. The van der Waals surface area contributed by atoms with Gasteiger partial charge in [0.2, 0.25) is 5.91 Å². The molecule has 0 spiro atoms. The third kappa shape index (κ3) is 4.65. The fourth-order valence-electron chi connectivity index (χ4n) is 4.02. The maximum Gasteiger partial charge on any atom is 0.407 e. The Labute approximate surface area is 189 Å². The average molecular weight is 459 g/mol. The smallest absolute Gasteiger partial charge is 0.407 e. The summed E-state index contributed by atoms with van der Waals surface area (Å²) in [4.78, 5) is 26.8. The lowest BCUT2D eigenvalue weighted by Crippen LogP contribution is -2.50. The number of rotatable bonds is 5. The second-order valence-electron chi connectivity index (χ2n) is 8.49. The number of nitrogens with zero attached hydrogens (tertiary/aromatic N) is 1. The molecule has 2 aromatic carbocycles. The lowest BCUT2D eigenvalue weighted by molar-refractivity contribution is -0.117. The molecule has 7 nitrogen and oxygen atoms in total. The number of hydrogen-bond donors (Lipinski definition) is 1. The lowest BCUT2D eigenvalue weighted by Gasteiger charge is -2.43. The Balaban J connectivity index is 1.96. The molecular weight excluding hydrogens is 428 g/mol. The van der Waals surface area contributed by atoms with Crippen LogP contribution < -0.4 is 10.2 Å². The van der Waals surface area contributed by atoms with Crippen molar-refractivity contribution in [2.45, 2.75) is 63.5 Å². The van der Waals surface area contributed by atoms with Crippen LogP contribution in [0.2, 0.25) is 0 Å². The molecule has 172 valence electrons. The molecule has 2 amide bonds. The number of fused-ring (bicyclic) bond motifs is 1. The average Bonchev–Trinajstić information content (AvgIpc) is 2.75. The van der Waals surface area contributed by atoms with Crippen LogP contribution in [0.1, 0.15) is 51.8 Å². The molecular formula is C24H30N2O5S. The number of amides is 2. The Morgan fingerprint density at radius 1 is 1.09 bits per heavy atom. The van der Waals surface area contributed by atoms with Gasteiger partial charge < -0.3 is 15.0 Å². The van der Waals surface area contributed by atoms with Gasteiger partial charge in [-0.3, -0.25) is 4.79 Å². The Morgan fingerprint density at radius 2 is 1.75 bits per heavy atom. The number of sulfone groups is 1. The van der Waals surface area contributed by atoms with Crippen molar-refractivity contribution in [2.75, 3.05) is 4.90 Å². The van der Waals surface area contributed by atoms with Crippen molar-refractivity contribution in [1.82, 2.24) is 5.32 Å². The number of alkyl carbamates (subject to hydrolysis) is 1. The van der Waals surface area contributed by atoms with Crippen LogP contribution in [0.5, 0.6) is 0 Å². The summed E-state index contributed by atoms with van der Waals surface area (Å²) in [6.07, 6.45) is -0.600. The van der Waals surface area contributed by atoms with Crippen LogP contribution in [0.3, 0.4) is 0 Å². The first-order chi connectivity index (χ1) is 15.0. The van der Waals surface area contributed by atoms with Crippen molar-refractivity contribution >= 4 is 27.5 Å². The maximum absolute atomic E-state index is 12.8.